The van der Waals surface area contributed by atoms with Crippen molar-refractivity contribution >= 4 is 12.1 Å². The summed E-state index contributed by atoms with van der Waals surface area (Å²) in [6.45, 7) is 14.4. The van der Waals surface area contributed by atoms with Crippen LogP contribution < -0.4 is 0 Å². The van der Waals surface area contributed by atoms with Crippen molar-refractivity contribution in [2.24, 2.45) is 52.3 Å². The highest BCUT2D eigenvalue weighted by atomic mass is 16.1. The van der Waals surface area contributed by atoms with Gasteiger partial charge in [-0.05, 0) is 85.4 Å². The first kappa shape index (κ1) is 23.0. The molecular weight excluding hydrogens is 356 g/mol. The zero-order valence-electron chi connectivity index (χ0n) is 20.0. The van der Waals surface area contributed by atoms with Gasteiger partial charge in [0.2, 0.25) is 0 Å². The highest BCUT2D eigenvalue weighted by Crippen LogP contribution is 2.62. The molecule has 2 heteroatoms. The molecule has 0 N–H and O–H groups in total. The van der Waals surface area contributed by atoms with E-state index in [0.29, 0.717) is 35.4 Å². The Bertz CT molecular complexity index is 593. The fourth-order valence-corrected chi connectivity index (χ4v) is 8.21. The molecule has 3 aliphatic rings. The topological polar surface area (TPSA) is 34.1 Å². The van der Waals surface area contributed by atoms with Gasteiger partial charge in [-0.25, -0.2) is 0 Å². The number of unbranched alkanes of at least 4 members (excludes halogenated alkanes) is 2. The fraction of sp³-hybridized carbons (Fsp3) is 0.926. The van der Waals surface area contributed by atoms with E-state index in [1.807, 2.05) is 0 Å². The normalized spacial score (nSPS) is 44.3. The molecule has 2 unspecified atom stereocenters. The molecule has 29 heavy (non-hydrogen) atoms. The third-order valence-electron chi connectivity index (χ3n) is 10.1. The molecule has 0 aliphatic heterocycles. The molecule has 3 rings (SSSR count). The lowest BCUT2D eigenvalue weighted by Gasteiger charge is -2.60. The van der Waals surface area contributed by atoms with Crippen LogP contribution in [-0.2, 0) is 9.59 Å². The van der Waals surface area contributed by atoms with E-state index in [1.165, 1.54) is 38.4 Å². The van der Waals surface area contributed by atoms with Crippen LogP contribution in [0.3, 0.4) is 0 Å². The fourth-order valence-electron chi connectivity index (χ4n) is 8.21. The molecule has 0 aromatic heterocycles. The first-order valence-corrected chi connectivity index (χ1v) is 12.6. The third-order valence-corrected chi connectivity index (χ3v) is 10.1. The minimum Gasteiger partial charge on any atom is -0.303 e. The van der Waals surface area contributed by atoms with Gasteiger partial charge in [-0.1, -0.05) is 54.4 Å². The number of carbonyl (C=O) groups excluding carboxylic acids is 2. The van der Waals surface area contributed by atoms with E-state index in [0.717, 1.165) is 32.1 Å². The SMILES string of the molecule is CCCCCC(=O)C1C[C@@H](C)[C@@H]2CC[C@]3(C)C(C=O)CC[C@@H](C)[C@H]3C[C@@H]1C2(C)C. The van der Waals surface area contributed by atoms with Crippen molar-refractivity contribution in [1.29, 1.82) is 0 Å². The molecule has 2 nitrogen and oxygen atoms in total. The monoisotopic (exact) mass is 402 g/mol. The summed E-state index contributed by atoms with van der Waals surface area (Å²) in [7, 11) is 0. The molecule has 8 atom stereocenters. The molecule has 166 valence electrons. The number of hydrogen-bond acceptors (Lipinski definition) is 2. The third kappa shape index (κ3) is 4.11. The molecule has 0 saturated heterocycles. The Morgan fingerprint density at radius 1 is 0.931 bits per heavy atom. The summed E-state index contributed by atoms with van der Waals surface area (Å²) in [5.41, 5.74) is 0.344. The number of aldehydes is 1. The van der Waals surface area contributed by atoms with Crippen molar-refractivity contribution in [3.05, 3.63) is 0 Å². The number of rotatable bonds is 6. The van der Waals surface area contributed by atoms with Crippen LogP contribution in [-0.4, -0.2) is 12.1 Å². The Kier molecular flexibility index (Phi) is 7.01. The van der Waals surface area contributed by atoms with E-state index in [4.69, 9.17) is 0 Å². The van der Waals surface area contributed by atoms with Crippen molar-refractivity contribution in [3.8, 4) is 0 Å². The van der Waals surface area contributed by atoms with Gasteiger partial charge >= 0.3 is 0 Å². The van der Waals surface area contributed by atoms with Crippen LogP contribution in [0, 0.1) is 52.3 Å². The molecule has 2 bridgehead atoms. The Labute approximate surface area is 180 Å². The van der Waals surface area contributed by atoms with Crippen LogP contribution in [0.15, 0.2) is 0 Å². The van der Waals surface area contributed by atoms with E-state index in [9.17, 15) is 9.59 Å². The average Bonchev–Trinajstić information content (AvgIpc) is 2.65. The zero-order valence-corrected chi connectivity index (χ0v) is 20.0. The molecule has 0 spiro atoms. The van der Waals surface area contributed by atoms with E-state index >= 15 is 0 Å². The second-order valence-electron chi connectivity index (χ2n) is 12.0. The van der Waals surface area contributed by atoms with Gasteiger partial charge in [0.25, 0.3) is 0 Å². The summed E-state index contributed by atoms with van der Waals surface area (Å²) >= 11 is 0. The molecule has 3 aliphatic carbocycles. The standard InChI is InChI=1S/C27H46O2/c1-7-8-9-10-25(29)21-15-19(3)22-13-14-27(6)20(17-28)12-11-18(2)23(27)16-24(21)26(22,4)5/h17-24H,7-16H2,1-6H3/t18-,19-,20?,21?,22+,23-,24+,27-/m1/s1. The van der Waals surface area contributed by atoms with Crippen LogP contribution in [0.1, 0.15) is 106 Å². The van der Waals surface area contributed by atoms with Crippen LogP contribution in [0.25, 0.3) is 0 Å². The number of fused-ring (bicyclic) bond motifs is 3. The minimum atomic E-state index is 0.124. The highest BCUT2D eigenvalue weighted by molar-refractivity contribution is 5.81. The maximum Gasteiger partial charge on any atom is 0.136 e. The summed E-state index contributed by atoms with van der Waals surface area (Å²) in [6.07, 6.45) is 12.4. The van der Waals surface area contributed by atoms with Crippen molar-refractivity contribution in [2.75, 3.05) is 0 Å². The number of carbonyl (C=O) groups is 2. The predicted molar refractivity (Wildman–Crippen MR) is 121 cm³/mol. The second-order valence-corrected chi connectivity index (χ2v) is 12.0. The predicted octanol–water partition coefficient (Wildman–Crippen LogP) is 7.10. The van der Waals surface area contributed by atoms with Gasteiger partial charge < -0.3 is 4.79 Å². The lowest BCUT2D eigenvalue weighted by Crippen LogP contribution is -2.54. The highest BCUT2D eigenvalue weighted by Gasteiger charge is 2.56. The second kappa shape index (κ2) is 8.83. The van der Waals surface area contributed by atoms with Gasteiger partial charge in [0.05, 0.1) is 0 Å². The number of Topliss-reactive ketones (excluding diaryl/α,β-unsaturated/α-hetero) is 1. The molecule has 0 amide bonds. The number of ketones is 1. The van der Waals surface area contributed by atoms with Gasteiger partial charge in [-0.15, -0.1) is 0 Å². The van der Waals surface area contributed by atoms with Gasteiger partial charge in [0.15, 0.2) is 0 Å². The Morgan fingerprint density at radius 3 is 2.31 bits per heavy atom. The molecule has 0 aromatic carbocycles. The first-order valence-electron chi connectivity index (χ1n) is 12.6. The summed E-state index contributed by atoms with van der Waals surface area (Å²) in [4.78, 5) is 25.4. The van der Waals surface area contributed by atoms with Gasteiger partial charge in [-0.2, -0.15) is 0 Å². The maximum atomic E-state index is 13.4. The van der Waals surface area contributed by atoms with Crippen molar-refractivity contribution in [1.82, 2.24) is 0 Å². The van der Waals surface area contributed by atoms with Gasteiger partial charge in [-0.3, -0.25) is 4.79 Å². The lowest BCUT2D eigenvalue weighted by molar-refractivity contribution is -0.146. The maximum absolute atomic E-state index is 13.4. The van der Waals surface area contributed by atoms with Crippen molar-refractivity contribution in [2.45, 2.75) is 106 Å². The van der Waals surface area contributed by atoms with Crippen LogP contribution in [0.5, 0.6) is 0 Å². The van der Waals surface area contributed by atoms with Crippen LogP contribution in [0.2, 0.25) is 0 Å². The largest absolute Gasteiger partial charge is 0.303 e. The Morgan fingerprint density at radius 2 is 1.66 bits per heavy atom. The van der Waals surface area contributed by atoms with Crippen LogP contribution in [0.4, 0.5) is 0 Å². The van der Waals surface area contributed by atoms with Crippen LogP contribution >= 0.6 is 0 Å². The first-order chi connectivity index (χ1) is 13.7. The number of hydrogen-bond donors (Lipinski definition) is 0. The summed E-state index contributed by atoms with van der Waals surface area (Å²) in [5.74, 6) is 4.00. The zero-order chi connectivity index (χ0) is 21.4. The lowest BCUT2D eigenvalue weighted by atomic mass is 9.44. The Hall–Kier alpha value is -0.660. The molecule has 0 radical (unpaired) electrons. The molecular formula is C27H46O2. The summed E-state index contributed by atoms with van der Waals surface area (Å²) in [5, 5.41) is 0. The summed E-state index contributed by atoms with van der Waals surface area (Å²) in [6, 6.07) is 0. The molecule has 0 aromatic rings. The van der Waals surface area contributed by atoms with E-state index in [1.54, 1.807) is 0 Å². The van der Waals surface area contributed by atoms with E-state index < -0.39 is 0 Å². The molecule has 3 fully saturated rings. The van der Waals surface area contributed by atoms with E-state index in [-0.39, 0.29) is 22.7 Å². The van der Waals surface area contributed by atoms with Gasteiger partial charge in [0.1, 0.15) is 12.1 Å². The minimum absolute atomic E-state index is 0.124. The molecule has 0 heterocycles. The summed E-state index contributed by atoms with van der Waals surface area (Å²) < 4.78 is 0. The van der Waals surface area contributed by atoms with E-state index in [2.05, 4.69) is 41.5 Å². The smallest absolute Gasteiger partial charge is 0.136 e. The van der Waals surface area contributed by atoms with Gasteiger partial charge in [0, 0.05) is 18.3 Å². The molecule has 3 saturated carbocycles. The van der Waals surface area contributed by atoms with Crippen molar-refractivity contribution in [3.63, 3.8) is 0 Å². The quantitative estimate of drug-likeness (QED) is 0.350. The Balaban J connectivity index is 1.94. The average molecular weight is 403 g/mol. The van der Waals surface area contributed by atoms with Crippen molar-refractivity contribution < 1.29 is 9.59 Å².